The number of aliphatic carboxylic acids is 1. The second-order valence-electron chi connectivity index (χ2n) is 4.99. The minimum atomic E-state index is -0.916. The van der Waals surface area contributed by atoms with Gasteiger partial charge < -0.3 is 10.0 Å². The van der Waals surface area contributed by atoms with E-state index in [-0.39, 0.29) is 12.3 Å². The fourth-order valence-corrected chi connectivity index (χ4v) is 2.71. The quantitative estimate of drug-likeness (QED) is 0.885. The molecule has 2 atom stereocenters. The molecule has 0 radical (unpaired) electrons. The van der Waals surface area contributed by atoms with Gasteiger partial charge in [-0.2, -0.15) is 5.10 Å². The summed E-state index contributed by atoms with van der Waals surface area (Å²) in [7, 11) is 1.82. The topological polar surface area (TPSA) is 75.4 Å². The molecule has 2 unspecified atom stereocenters. The Labute approximate surface area is 112 Å². The van der Waals surface area contributed by atoms with Gasteiger partial charge in [0.2, 0.25) is 5.91 Å². The van der Waals surface area contributed by atoms with Crippen LogP contribution in [0.1, 0.15) is 37.1 Å². The highest BCUT2D eigenvalue weighted by Crippen LogP contribution is 2.39. The highest BCUT2D eigenvalue weighted by molar-refractivity contribution is 5.87. The molecule has 0 bridgehead atoms. The van der Waals surface area contributed by atoms with Gasteiger partial charge in [0.15, 0.2) is 0 Å². The second-order valence-corrected chi connectivity index (χ2v) is 4.99. The van der Waals surface area contributed by atoms with Crippen LogP contribution in [0.15, 0.2) is 6.20 Å². The molecule has 0 aromatic carbocycles. The molecule has 1 aromatic heterocycles. The Morgan fingerprint density at radius 1 is 1.58 bits per heavy atom. The Hall–Kier alpha value is -1.85. The van der Waals surface area contributed by atoms with Crippen molar-refractivity contribution in [2.75, 3.05) is 6.54 Å². The smallest absolute Gasteiger partial charge is 0.309 e. The molecular formula is C13H19N3O3. The molecule has 2 rings (SSSR count). The largest absolute Gasteiger partial charge is 0.481 e. The normalized spacial score (nSPS) is 23.1. The lowest BCUT2D eigenvalue weighted by Gasteiger charge is -2.26. The van der Waals surface area contributed by atoms with Crippen LogP contribution in [0.4, 0.5) is 0 Å². The van der Waals surface area contributed by atoms with Crippen LogP contribution in [0, 0.1) is 12.8 Å². The molecular weight excluding hydrogens is 246 g/mol. The standard InChI is InChI=1S/C13H19N3O3/c1-4-5-16-11(17)6-9(13(18)19)12(16)10-7-14-15(3)8(10)2/h7,9,12H,4-6H2,1-3H3,(H,18,19). The number of carboxylic acid groups (broad SMARTS) is 1. The van der Waals surface area contributed by atoms with E-state index in [0.717, 1.165) is 17.7 Å². The molecule has 1 N–H and O–H groups in total. The third-order valence-corrected chi connectivity index (χ3v) is 3.81. The molecule has 1 aliphatic rings. The van der Waals surface area contributed by atoms with E-state index in [2.05, 4.69) is 5.10 Å². The number of carbonyl (C=O) groups excluding carboxylic acids is 1. The zero-order valence-corrected chi connectivity index (χ0v) is 11.5. The molecule has 19 heavy (non-hydrogen) atoms. The molecule has 6 heteroatoms. The lowest BCUT2D eigenvalue weighted by molar-refractivity contribution is -0.142. The summed E-state index contributed by atoms with van der Waals surface area (Å²) < 4.78 is 1.71. The molecule has 0 aliphatic carbocycles. The lowest BCUT2D eigenvalue weighted by atomic mass is 9.94. The number of aryl methyl sites for hydroxylation is 1. The maximum atomic E-state index is 12.0. The fraction of sp³-hybridized carbons (Fsp3) is 0.615. The lowest BCUT2D eigenvalue weighted by Crippen LogP contribution is -2.31. The van der Waals surface area contributed by atoms with Crippen molar-refractivity contribution in [1.82, 2.24) is 14.7 Å². The molecule has 2 heterocycles. The van der Waals surface area contributed by atoms with Crippen LogP contribution in [0.3, 0.4) is 0 Å². The summed E-state index contributed by atoms with van der Waals surface area (Å²) >= 11 is 0. The van der Waals surface area contributed by atoms with E-state index >= 15 is 0 Å². The number of carboxylic acids is 1. The van der Waals surface area contributed by atoms with Crippen LogP contribution in [0.2, 0.25) is 0 Å². The molecule has 1 aliphatic heterocycles. The molecule has 1 aromatic rings. The highest BCUT2D eigenvalue weighted by atomic mass is 16.4. The van der Waals surface area contributed by atoms with Gasteiger partial charge >= 0.3 is 5.97 Å². The van der Waals surface area contributed by atoms with Gasteiger partial charge in [0.25, 0.3) is 0 Å². The Morgan fingerprint density at radius 3 is 2.74 bits per heavy atom. The third kappa shape index (κ3) is 2.22. The van der Waals surface area contributed by atoms with Crippen molar-refractivity contribution < 1.29 is 14.7 Å². The van der Waals surface area contributed by atoms with Crippen LogP contribution < -0.4 is 0 Å². The Morgan fingerprint density at radius 2 is 2.26 bits per heavy atom. The Balaban J connectivity index is 2.43. The minimum absolute atomic E-state index is 0.0777. The summed E-state index contributed by atoms with van der Waals surface area (Å²) in [6.07, 6.45) is 2.57. The van der Waals surface area contributed by atoms with Crippen LogP contribution >= 0.6 is 0 Å². The predicted molar refractivity (Wildman–Crippen MR) is 68.4 cm³/mol. The van der Waals surface area contributed by atoms with Gasteiger partial charge in [-0.05, 0) is 13.3 Å². The molecule has 1 saturated heterocycles. The summed E-state index contributed by atoms with van der Waals surface area (Å²) in [6, 6.07) is -0.390. The number of amides is 1. The van der Waals surface area contributed by atoms with Crippen molar-refractivity contribution in [1.29, 1.82) is 0 Å². The first-order valence-electron chi connectivity index (χ1n) is 6.48. The first-order valence-corrected chi connectivity index (χ1v) is 6.48. The molecule has 0 saturated carbocycles. The first-order chi connectivity index (χ1) is 8.97. The van der Waals surface area contributed by atoms with Gasteiger partial charge in [-0.3, -0.25) is 14.3 Å². The number of carbonyl (C=O) groups is 2. The first kappa shape index (κ1) is 13.6. The van der Waals surface area contributed by atoms with E-state index < -0.39 is 17.9 Å². The van der Waals surface area contributed by atoms with Crippen LogP contribution in [-0.2, 0) is 16.6 Å². The number of hydrogen-bond donors (Lipinski definition) is 1. The van der Waals surface area contributed by atoms with Crippen LogP contribution in [0.5, 0.6) is 0 Å². The summed E-state index contributed by atoms with van der Waals surface area (Å²) in [5.74, 6) is -1.68. The number of likely N-dealkylation sites (tertiary alicyclic amines) is 1. The maximum absolute atomic E-state index is 12.0. The number of nitrogens with zero attached hydrogens (tertiary/aromatic N) is 3. The SMILES string of the molecule is CCCN1C(=O)CC(C(=O)O)C1c1cnn(C)c1C. The van der Waals surface area contributed by atoms with E-state index in [9.17, 15) is 14.7 Å². The van der Waals surface area contributed by atoms with Crippen molar-refractivity contribution in [3.05, 3.63) is 17.5 Å². The Bertz CT molecular complexity index is 509. The van der Waals surface area contributed by atoms with Crippen molar-refractivity contribution in [3.63, 3.8) is 0 Å². The summed E-state index contributed by atoms with van der Waals surface area (Å²) in [6.45, 7) is 4.46. The fourth-order valence-electron chi connectivity index (χ4n) is 2.71. The van der Waals surface area contributed by atoms with Crippen LogP contribution in [0.25, 0.3) is 0 Å². The van der Waals surface area contributed by atoms with Crippen molar-refractivity contribution in [3.8, 4) is 0 Å². The monoisotopic (exact) mass is 265 g/mol. The number of hydrogen-bond acceptors (Lipinski definition) is 3. The van der Waals surface area contributed by atoms with Gasteiger partial charge in [-0.15, -0.1) is 0 Å². The summed E-state index contributed by atoms with van der Waals surface area (Å²) in [5.41, 5.74) is 1.75. The van der Waals surface area contributed by atoms with Gasteiger partial charge in [-0.25, -0.2) is 0 Å². The molecule has 104 valence electrons. The Kier molecular flexibility index (Phi) is 3.59. The van der Waals surface area contributed by atoms with Gasteiger partial charge in [0.05, 0.1) is 18.2 Å². The third-order valence-electron chi connectivity index (χ3n) is 3.81. The van der Waals surface area contributed by atoms with E-state index in [4.69, 9.17) is 0 Å². The average molecular weight is 265 g/mol. The van der Waals surface area contributed by atoms with E-state index in [0.29, 0.717) is 6.54 Å². The average Bonchev–Trinajstić information content (AvgIpc) is 2.84. The second kappa shape index (κ2) is 5.03. The molecule has 0 spiro atoms. The number of aromatic nitrogens is 2. The summed E-state index contributed by atoms with van der Waals surface area (Å²) in [5, 5.41) is 13.5. The van der Waals surface area contributed by atoms with Crippen LogP contribution in [-0.4, -0.2) is 38.2 Å². The summed E-state index contributed by atoms with van der Waals surface area (Å²) in [4.78, 5) is 25.1. The molecule has 6 nitrogen and oxygen atoms in total. The van der Waals surface area contributed by atoms with Gasteiger partial charge in [-0.1, -0.05) is 6.92 Å². The molecule has 1 amide bonds. The highest BCUT2D eigenvalue weighted by Gasteiger charge is 2.45. The van der Waals surface area contributed by atoms with Gasteiger partial charge in [0, 0.05) is 31.3 Å². The van der Waals surface area contributed by atoms with Crippen molar-refractivity contribution in [2.45, 2.75) is 32.7 Å². The van der Waals surface area contributed by atoms with E-state index in [1.54, 1.807) is 15.8 Å². The van der Waals surface area contributed by atoms with E-state index in [1.807, 2.05) is 20.9 Å². The van der Waals surface area contributed by atoms with E-state index in [1.165, 1.54) is 0 Å². The minimum Gasteiger partial charge on any atom is -0.481 e. The molecule has 1 fully saturated rings. The number of rotatable bonds is 4. The maximum Gasteiger partial charge on any atom is 0.309 e. The van der Waals surface area contributed by atoms with Gasteiger partial charge in [0.1, 0.15) is 0 Å². The zero-order chi connectivity index (χ0) is 14.2. The van der Waals surface area contributed by atoms with Crippen molar-refractivity contribution in [2.24, 2.45) is 13.0 Å². The van der Waals surface area contributed by atoms with Crippen molar-refractivity contribution >= 4 is 11.9 Å². The zero-order valence-electron chi connectivity index (χ0n) is 11.5. The predicted octanol–water partition coefficient (Wildman–Crippen LogP) is 1.11.